The lowest BCUT2D eigenvalue weighted by molar-refractivity contribution is -0.117. The summed E-state index contributed by atoms with van der Waals surface area (Å²) in [7, 11) is 0. The van der Waals surface area contributed by atoms with Gasteiger partial charge in [0.15, 0.2) is 0 Å². The molecule has 0 atom stereocenters. The van der Waals surface area contributed by atoms with E-state index in [0.29, 0.717) is 11.5 Å². The summed E-state index contributed by atoms with van der Waals surface area (Å²) in [5.41, 5.74) is 1.84. The SMILES string of the molecule is Cc1cccnc1NC(=O)Cn1nc(-c2cccnc2)ccc1=O. The van der Waals surface area contributed by atoms with Crippen LogP contribution in [0, 0.1) is 6.92 Å². The molecule has 0 aromatic carbocycles. The maximum absolute atomic E-state index is 12.2. The molecule has 1 N–H and O–H groups in total. The molecule has 0 saturated carbocycles. The standard InChI is InChI=1S/C17H15N5O2/c1-12-4-2-9-19-17(12)20-15(23)11-22-16(24)7-6-14(21-22)13-5-3-8-18-10-13/h2-10H,11H2,1H3,(H,19,20,23). The molecule has 24 heavy (non-hydrogen) atoms. The summed E-state index contributed by atoms with van der Waals surface area (Å²) in [6.45, 7) is 1.65. The molecule has 0 saturated heterocycles. The van der Waals surface area contributed by atoms with E-state index in [1.165, 1.54) is 6.07 Å². The van der Waals surface area contributed by atoms with E-state index in [2.05, 4.69) is 20.4 Å². The van der Waals surface area contributed by atoms with Crippen molar-refractivity contribution >= 4 is 11.7 Å². The van der Waals surface area contributed by atoms with Crippen LogP contribution in [0.3, 0.4) is 0 Å². The number of nitrogens with one attached hydrogen (secondary N) is 1. The van der Waals surface area contributed by atoms with Gasteiger partial charge < -0.3 is 5.32 Å². The van der Waals surface area contributed by atoms with E-state index in [1.54, 1.807) is 36.8 Å². The average Bonchev–Trinajstić information content (AvgIpc) is 2.60. The molecular weight excluding hydrogens is 306 g/mol. The first-order valence-corrected chi connectivity index (χ1v) is 7.33. The quantitative estimate of drug-likeness (QED) is 0.789. The lowest BCUT2D eigenvalue weighted by Gasteiger charge is -2.09. The van der Waals surface area contributed by atoms with Gasteiger partial charge in [-0.15, -0.1) is 0 Å². The number of carbonyl (C=O) groups excluding carboxylic acids is 1. The van der Waals surface area contributed by atoms with Crippen LogP contribution in [0.25, 0.3) is 11.3 Å². The van der Waals surface area contributed by atoms with Crippen molar-refractivity contribution < 1.29 is 4.79 Å². The van der Waals surface area contributed by atoms with Gasteiger partial charge in [0.1, 0.15) is 12.4 Å². The van der Waals surface area contributed by atoms with Gasteiger partial charge in [-0.3, -0.25) is 14.6 Å². The number of nitrogens with zero attached hydrogens (tertiary/aromatic N) is 4. The third-order valence-electron chi connectivity index (χ3n) is 3.38. The maximum atomic E-state index is 12.2. The fourth-order valence-corrected chi connectivity index (χ4v) is 2.15. The molecule has 0 aliphatic rings. The monoisotopic (exact) mass is 321 g/mol. The number of aromatic nitrogens is 4. The van der Waals surface area contributed by atoms with E-state index in [0.717, 1.165) is 15.8 Å². The molecule has 0 unspecified atom stereocenters. The molecule has 3 aromatic heterocycles. The van der Waals surface area contributed by atoms with Crippen LogP contribution in [-0.4, -0.2) is 25.7 Å². The fourth-order valence-electron chi connectivity index (χ4n) is 2.15. The molecule has 1 amide bonds. The van der Waals surface area contributed by atoms with Crippen LogP contribution >= 0.6 is 0 Å². The number of pyridine rings is 2. The average molecular weight is 321 g/mol. The van der Waals surface area contributed by atoms with Crippen molar-refractivity contribution in [2.75, 3.05) is 5.32 Å². The van der Waals surface area contributed by atoms with E-state index in [-0.39, 0.29) is 18.0 Å². The largest absolute Gasteiger partial charge is 0.309 e. The lowest BCUT2D eigenvalue weighted by atomic mass is 10.2. The van der Waals surface area contributed by atoms with Crippen LogP contribution < -0.4 is 10.9 Å². The molecule has 3 aromatic rings. The highest BCUT2D eigenvalue weighted by Gasteiger charge is 2.10. The minimum Gasteiger partial charge on any atom is -0.309 e. The summed E-state index contributed by atoms with van der Waals surface area (Å²) in [5, 5.41) is 6.91. The van der Waals surface area contributed by atoms with Gasteiger partial charge in [0.05, 0.1) is 5.69 Å². The smallest absolute Gasteiger partial charge is 0.267 e. The Hall–Kier alpha value is -3.35. The Morgan fingerprint density at radius 1 is 1.17 bits per heavy atom. The third kappa shape index (κ3) is 3.52. The Balaban J connectivity index is 1.81. The van der Waals surface area contributed by atoms with Crippen molar-refractivity contribution in [2.45, 2.75) is 13.5 Å². The van der Waals surface area contributed by atoms with E-state index in [1.807, 2.05) is 19.1 Å². The fraction of sp³-hybridized carbons (Fsp3) is 0.118. The number of hydrogen-bond donors (Lipinski definition) is 1. The van der Waals surface area contributed by atoms with Crippen molar-refractivity contribution in [2.24, 2.45) is 0 Å². The zero-order chi connectivity index (χ0) is 16.9. The molecule has 0 bridgehead atoms. The first-order valence-electron chi connectivity index (χ1n) is 7.33. The second kappa shape index (κ2) is 6.82. The van der Waals surface area contributed by atoms with Crippen LogP contribution in [0.15, 0.2) is 59.8 Å². The first-order chi connectivity index (χ1) is 11.6. The van der Waals surface area contributed by atoms with Gasteiger partial charge in [0.2, 0.25) is 5.91 Å². The molecule has 7 nitrogen and oxygen atoms in total. The number of amides is 1. The van der Waals surface area contributed by atoms with Gasteiger partial charge in [-0.1, -0.05) is 6.07 Å². The van der Waals surface area contributed by atoms with E-state index in [9.17, 15) is 9.59 Å². The molecule has 0 aliphatic carbocycles. The molecule has 120 valence electrons. The number of aryl methyl sites for hydroxylation is 1. The summed E-state index contributed by atoms with van der Waals surface area (Å²) < 4.78 is 1.12. The van der Waals surface area contributed by atoms with Crippen LogP contribution in [0.2, 0.25) is 0 Å². The highest BCUT2D eigenvalue weighted by atomic mass is 16.2. The highest BCUT2D eigenvalue weighted by molar-refractivity contribution is 5.90. The summed E-state index contributed by atoms with van der Waals surface area (Å²) in [6.07, 6.45) is 4.90. The van der Waals surface area contributed by atoms with E-state index < -0.39 is 0 Å². The Morgan fingerprint density at radius 2 is 2.00 bits per heavy atom. The number of anilines is 1. The zero-order valence-electron chi connectivity index (χ0n) is 13.0. The first kappa shape index (κ1) is 15.5. The predicted molar refractivity (Wildman–Crippen MR) is 89.3 cm³/mol. The van der Waals surface area contributed by atoms with Gasteiger partial charge in [-0.2, -0.15) is 5.10 Å². The second-order valence-corrected chi connectivity index (χ2v) is 5.17. The van der Waals surface area contributed by atoms with Gasteiger partial charge in [0, 0.05) is 30.2 Å². The molecule has 0 spiro atoms. The predicted octanol–water partition coefficient (Wildman–Crippen LogP) is 1.65. The van der Waals surface area contributed by atoms with Crippen LogP contribution in [0.5, 0.6) is 0 Å². The molecule has 7 heteroatoms. The molecule has 3 rings (SSSR count). The highest BCUT2D eigenvalue weighted by Crippen LogP contribution is 2.13. The van der Waals surface area contributed by atoms with Crippen LogP contribution in [0.4, 0.5) is 5.82 Å². The minimum absolute atomic E-state index is 0.192. The Kier molecular flexibility index (Phi) is 4.42. The Morgan fingerprint density at radius 3 is 2.75 bits per heavy atom. The van der Waals surface area contributed by atoms with Gasteiger partial charge >= 0.3 is 0 Å². The summed E-state index contributed by atoms with van der Waals surface area (Å²) >= 11 is 0. The topological polar surface area (TPSA) is 89.8 Å². The lowest BCUT2D eigenvalue weighted by Crippen LogP contribution is -2.29. The zero-order valence-corrected chi connectivity index (χ0v) is 13.0. The summed E-state index contributed by atoms with van der Waals surface area (Å²) in [6, 6.07) is 10.2. The van der Waals surface area contributed by atoms with Gasteiger partial charge in [0.25, 0.3) is 5.56 Å². The Bertz CT molecular complexity index is 922. The van der Waals surface area contributed by atoms with E-state index in [4.69, 9.17) is 0 Å². The van der Waals surface area contributed by atoms with Crippen molar-refractivity contribution in [1.82, 2.24) is 19.7 Å². The van der Waals surface area contributed by atoms with E-state index >= 15 is 0 Å². The Labute approximate surface area is 138 Å². The summed E-state index contributed by atoms with van der Waals surface area (Å²) in [4.78, 5) is 32.2. The normalized spacial score (nSPS) is 10.4. The van der Waals surface area contributed by atoms with Crippen LogP contribution in [0.1, 0.15) is 5.56 Å². The molecule has 0 radical (unpaired) electrons. The van der Waals surface area contributed by atoms with Crippen LogP contribution in [-0.2, 0) is 11.3 Å². The molecular formula is C17H15N5O2. The van der Waals surface area contributed by atoms with Crippen molar-refractivity contribution in [3.63, 3.8) is 0 Å². The number of carbonyl (C=O) groups is 1. The minimum atomic E-state index is -0.366. The van der Waals surface area contributed by atoms with Gasteiger partial charge in [-0.05, 0) is 36.8 Å². The summed E-state index contributed by atoms with van der Waals surface area (Å²) in [5.74, 6) is 0.105. The molecule has 0 aliphatic heterocycles. The number of hydrogen-bond acceptors (Lipinski definition) is 5. The number of rotatable bonds is 4. The van der Waals surface area contributed by atoms with Gasteiger partial charge in [-0.25, -0.2) is 9.67 Å². The van der Waals surface area contributed by atoms with Crippen molar-refractivity contribution in [3.8, 4) is 11.3 Å². The third-order valence-corrected chi connectivity index (χ3v) is 3.38. The second-order valence-electron chi connectivity index (χ2n) is 5.17. The van der Waals surface area contributed by atoms with Crippen molar-refractivity contribution in [1.29, 1.82) is 0 Å². The maximum Gasteiger partial charge on any atom is 0.267 e. The molecule has 3 heterocycles. The molecule has 0 fully saturated rings. The van der Waals surface area contributed by atoms with Crippen molar-refractivity contribution in [3.05, 3.63) is 70.9 Å².